The third-order valence-corrected chi connectivity index (χ3v) is 5.28. The van der Waals surface area contributed by atoms with Crippen molar-refractivity contribution in [3.63, 3.8) is 0 Å². The molecule has 6 heteroatoms. The number of likely N-dealkylation sites (tertiary alicyclic amines) is 1. The van der Waals surface area contributed by atoms with E-state index >= 15 is 0 Å². The summed E-state index contributed by atoms with van der Waals surface area (Å²) in [6, 6.07) is 9.31. The van der Waals surface area contributed by atoms with E-state index in [-0.39, 0.29) is 0 Å². The first-order valence-corrected chi connectivity index (χ1v) is 11.7. The molecular weight excluding hydrogens is 376 g/mol. The molecule has 0 aromatic heterocycles. The minimum Gasteiger partial charge on any atom is -0.379 e. The second-order valence-corrected chi connectivity index (χ2v) is 8.02. The summed E-state index contributed by atoms with van der Waals surface area (Å²) < 4.78 is 11.1. The average molecular weight is 419 g/mol. The highest BCUT2D eigenvalue weighted by Crippen LogP contribution is 2.14. The van der Waals surface area contributed by atoms with Crippen molar-refractivity contribution in [1.29, 1.82) is 0 Å². The summed E-state index contributed by atoms with van der Waals surface area (Å²) >= 11 is 0. The molecule has 0 saturated carbocycles. The lowest BCUT2D eigenvalue weighted by molar-refractivity contribution is 0.0497. The van der Waals surface area contributed by atoms with Crippen LogP contribution in [-0.2, 0) is 16.0 Å². The predicted octanol–water partition coefficient (Wildman–Crippen LogP) is 3.35. The minimum atomic E-state index is 0.476. The zero-order chi connectivity index (χ0) is 21.4. The number of nitrogens with one attached hydrogen (secondary N) is 2. The molecule has 1 aliphatic rings. The third kappa shape index (κ3) is 10.4. The number of nitrogens with zero attached hydrogens (tertiary/aromatic N) is 2. The fourth-order valence-electron chi connectivity index (χ4n) is 3.61. The lowest BCUT2D eigenvalue weighted by Gasteiger charge is -2.33. The van der Waals surface area contributed by atoms with Crippen LogP contribution in [0.1, 0.15) is 50.7 Å². The summed E-state index contributed by atoms with van der Waals surface area (Å²) in [5.41, 5.74) is 2.75. The first kappa shape index (κ1) is 24.6. The van der Waals surface area contributed by atoms with Crippen LogP contribution in [0, 0.1) is 6.92 Å². The number of aryl methyl sites for hydroxylation is 1. The predicted molar refractivity (Wildman–Crippen MR) is 125 cm³/mol. The molecule has 0 spiro atoms. The maximum atomic E-state index is 5.62. The highest BCUT2D eigenvalue weighted by atomic mass is 16.5. The number of aliphatic imine (C=N–C) groups is 1. The Labute approximate surface area is 183 Å². The summed E-state index contributed by atoms with van der Waals surface area (Å²) in [4.78, 5) is 7.22. The van der Waals surface area contributed by atoms with E-state index in [0.29, 0.717) is 32.4 Å². The summed E-state index contributed by atoms with van der Waals surface area (Å²) in [6.07, 6.45) is 4.57. The fraction of sp³-hybridized carbons (Fsp3) is 0.708. The monoisotopic (exact) mass is 418 g/mol. The summed E-state index contributed by atoms with van der Waals surface area (Å²) in [6.45, 7) is 14.0. The van der Waals surface area contributed by atoms with Gasteiger partial charge < -0.3 is 20.1 Å². The Morgan fingerprint density at radius 2 is 1.87 bits per heavy atom. The third-order valence-electron chi connectivity index (χ3n) is 5.28. The molecule has 30 heavy (non-hydrogen) atoms. The Balaban J connectivity index is 1.63. The van der Waals surface area contributed by atoms with Gasteiger partial charge in [0.1, 0.15) is 0 Å². The highest BCUT2D eigenvalue weighted by molar-refractivity contribution is 5.80. The van der Waals surface area contributed by atoms with Crippen LogP contribution in [0.3, 0.4) is 0 Å². The zero-order valence-corrected chi connectivity index (χ0v) is 19.3. The second-order valence-electron chi connectivity index (χ2n) is 8.02. The van der Waals surface area contributed by atoms with E-state index in [1.165, 1.54) is 17.5 Å². The van der Waals surface area contributed by atoms with Crippen LogP contribution in [-0.4, -0.2) is 69.5 Å². The summed E-state index contributed by atoms with van der Waals surface area (Å²) in [5.74, 6) is 0.900. The Kier molecular flexibility index (Phi) is 12.5. The molecule has 0 radical (unpaired) electrons. The molecule has 0 atom stereocenters. The van der Waals surface area contributed by atoms with Crippen LogP contribution in [0.2, 0.25) is 0 Å². The smallest absolute Gasteiger partial charge is 0.191 e. The molecule has 1 aromatic carbocycles. The van der Waals surface area contributed by atoms with Gasteiger partial charge in [-0.3, -0.25) is 9.89 Å². The Hall–Kier alpha value is -1.63. The van der Waals surface area contributed by atoms with Crippen LogP contribution in [0.25, 0.3) is 0 Å². The molecule has 1 saturated heterocycles. The molecule has 0 bridgehead atoms. The molecule has 1 aliphatic heterocycles. The molecule has 1 aromatic rings. The van der Waals surface area contributed by atoms with Gasteiger partial charge in [0.05, 0.1) is 26.4 Å². The number of benzene rings is 1. The van der Waals surface area contributed by atoms with Crippen molar-refractivity contribution in [3.8, 4) is 0 Å². The molecule has 0 unspecified atom stereocenters. The summed E-state index contributed by atoms with van der Waals surface area (Å²) in [7, 11) is 0. The normalized spacial score (nSPS) is 16.0. The van der Waals surface area contributed by atoms with Crippen molar-refractivity contribution in [2.75, 3.05) is 52.6 Å². The van der Waals surface area contributed by atoms with Gasteiger partial charge in [-0.05, 0) is 38.7 Å². The van der Waals surface area contributed by atoms with Crippen LogP contribution in [0.15, 0.2) is 29.3 Å². The van der Waals surface area contributed by atoms with Gasteiger partial charge in [0.2, 0.25) is 0 Å². The van der Waals surface area contributed by atoms with Crippen molar-refractivity contribution in [2.45, 2.75) is 59.0 Å². The number of piperidine rings is 1. The Morgan fingerprint density at radius 3 is 2.57 bits per heavy atom. The van der Waals surface area contributed by atoms with Gasteiger partial charge in [0.25, 0.3) is 0 Å². The summed E-state index contributed by atoms with van der Waals surface area (Å²) in [5, 5.41) is 6.97. The van der Waals surface area contributed by atoms with Gasteiger partial charge in [-0.1, -0.05) is 43.2 Å². The van der Waals surface area contributed by atoms with E-state index in [2.05, 4.69) is 65.6 Å². The van der Waals surface area contributed by atoms with Crippen LogP contribution in [0.4, 0.5) is 0 Å². The number of unbranched alkanes of at least 4 members (excludes halogenated alkanes) is 1. The molecule has 1 heterocycles. The van der Waals surface area contributed by atoms with Crippen LogP contribution >= 0.6 is 0 Å². The molecule has 2 N–H and O–H groups in total. The van der Waals surface area contributed by atoms with E-state index in [1.807, 2.05) is 0 Å². The van der Waals surface area contributed by atoms with Crippen molar-refractivity contribution < 1.29 is 9.47 Å². The van der Waals surface area contributed by atoms with E-state index in [1.54, 1.807) is 0 Å². The SMILES string of the molecule is CCCCOCCOCCN=C(NCC)NC1CCN(Cc2cccc(C)c2)CC1. The number of ether oxygens (including phenoxy) is 2. The lowest BCUT2D eigenvalue weighted by Crippen LogP contribution is -2.48. The van der Waals surface area contributed by atoms with Gasteiger partial charge in [0, 0.05) is 38.8 Å². The van der Waals surface area contributed by atoms with Crippen molar-refractivity contribution in [3.05, 3.63) is 35.4 Å². The molecule has 6 nitrogen and oxygen atoms in total. The van der Waals surface area contributed by atoms with E-state index in [9.17, 15) is 0 Å². The second kappa shape index (κ2) is 15.2. The quantitative estimate of drug-likeness (QED) is 0.292. The van der Waals surface area contributed by atoms with Gasteiger partial charge in [-0.25, -0.2) is 0 Å². The molecular formula is C24H42N4O2. The highest BCUT2D eigenvalue weighted by Gasteiger charge is 2.20. The van der Waals surface area contributed by atoms with E-state index < -0.39 is 0 Å². The number of hydrogen-bond donors (Lipinski definition) is 2. The van der Waals surface area contributed by atoms with Crippen molar-refractivity contribution >= 4 is 5.96 Å². The van der Waals surface area contributed by atoms with Gasteiger partial charge >= 0.3 is 0 Å². The van der Waals surface area contributed by atoms with E-state index in [0.717, 1.165) is 58.0 Å². The lowest BCUT2D eigenvalue weighted by atomic mass is 10.0. The Morgan fingerprint density at radius 1 is 1.10 bits per heavy atom. The minimum absolute atomic E-state index is 0.476. The Bertz CT molecular complexity index is 601. The number of guanidine groups is 1. The number of hydrogen-bond acceptors (Lipinski definition) is 4. The average Bonchev–Trinajstić information content (AvgIpc) is 2.74. The maximum absolute atomic E-state index is 5.62. The largest absolute Gasteiger partial charge is 0.379 e. The first-order valence-electron chi connectivity index (χ1n) is 11.7. The van der Waals surface area contributed by atoms with Crippen molar-refractivity contribution in [2.24, 2.45) is 4.99 Å². The topological polar surface area (TPSA) is 58.1 Å². The molecule has 0 aliphatic carbocycles. The van der Waals surface area contributed by atoms with Gasteiger partial charge in [0.15, 0.2) is 5.96 Å². The maximum Gasteiger partial charge on any atom is 0.191 e. The van der Waals surface area contributed by atoms with E-state index in [4.69, 9.17) is 9.47 Å². The standard InChI is InChI=1S/C24H42N4O2/c1-4-6-15-29-17-18-30-16-12-26-24(25-5-2)27-23-10-13-28(14-11-23)20-22-9-7-8-21(3)19-22/h7-9,19,23H,4-6,10-18,20H2,1-3H3,(H2,25,26,27). The molecule has 0 amide bonds. The van der Waals surface area contributed by atoms with Crippen LogP contribution in [0.5, 0.6) is 0 Å². The zero-order valence-electron chi connectivity index (χ0n) is 19.3. The fourth-order valence-corrected chi connectivity index (χ4v) is 3.61. The van der Waals surface area contributed by atoms with Gasteiger partial charge in [-0.15, -0.1) is 0 Å². The molecule has 170 valence electrons. The van der Waals surface area contributed by atoms with Crippen LogP contribution < -0.4 is 10.6 Å². The molecule has 2 rings (SSSR count). The van der Waals surface area contributed by atoms with Crippen molar-refractivity contribution in [1.82, 2.24) is 15.5 Å². The first-order chi connectivity index (χ1) is 14.7. The number of rotatable bonds is 13. The molecule has 1 fully saturated rings. The van der Waals surface area contributed by atoms with Gasteiger partial charge in [-0.2, -0.15) is 0 Å².